The van der Waals surface area contributed by atoms with Gasteiger partial charge in [0.15, 0.2) is 0 Å². The number of ether oxygens (including phenoxy) is 1. The number of carbonyl (C=O) groups excluding carboxylic acids is 1. The molecule has 3 aromatic rings. The summed E-state index contributed by atoms with van der Waals surface area (Å²) in [7, 11) is 0. The predicted octanol–water partition coefficient (Wildman–Crippen LogP) is 3.13. The minimum atomic E-state index is -0.415. The van der Waals surface area contributed by atoms with Crippen LogP contribution in [0.25, 0.3) is 10.9 Å². The van der Waals surface area contributed by atoms with Gasteiger partial charge in [0, 0.05) is 23.6 Å². The predicted molar refractivity (Wildman–Crippen MR) is 92.6 cm³/mol. The zero-order chi connectivity index (χ0) is 16.8. The maximum atomic E-state index is 11.7. The number of hydrogen-bond donors (Lipinski definition) is 3. The molecule has 3 N–H and O–H groups in total. The fourth-order valence-electron chi connectivity index (χ4n) is 2.61. The quantitative estimate of drug-likeness (QED) is 0.652. The molecule has 5 heteroatoms. The van der Waals surface area contributed by atoms with Crippen LogP contribution in [0.5, 0.6) is 0 Å². The Morgan fingerprint density at radius 2 is 1.96 bits per heavy atom. The number of aromatic amines is 1. The molecule has 0 atom stereocenters. The van der Waals surface area contributed by atoms with Gasteiger partial charge in [0.2, 0.25) is 0 Å². The van der Waals surface area contributed by atoms with E-state index in [1.807, 2.05) is 54.7 Å². The van der Waals surface area contributed by atoms with Crippen LogP contribution in [0.3, 0.4) is 0 Å². The van der Waals surface area contributed by atoms with Crippen molar-refractivity contribution in [1.82, 2.24) is 10.3 Å². The van der Waals surface area contributed by atoms with E-state index in [-0.39, 0.29) is 13.2 Å². The van der Waals surface area contributed by atoms with Gasteiger partial charge in [-0.1, -0.05) is 42.5 Å². The lowest BCUT2D eigenvalue weighted by atomic mass is 10.1. The van der Waals surface area contributed by atoms with Crippen LogP contribution in [0, 0.1) is 0 Å². The number of rotatable bonds is 6. The van der Waals surface area contributed by atoms with Gasteiger partial charge >= 0.3 is 6.09 Å². The highest BCUT2D eigenvalue weighted by molar-refractivity contribution is 5.83. The summed E-state index contributed by atoms with van der Waals surface area (Å²) in [6.07, 6.45) is 2.23. The number of fused-ring (bicyclic) bond motifs is 1. The third-order valence-electron chi connectivity index (χ3n) is 3.89. The molecule has 0 unspecified atom stereocenters. The van der Waals surface area contributed by atoms with Gasteiger partial charge in [-0.3, -0.25) is 0 Å². The second-order valence-electron chi connectivity index (χ2n) is 5.59. The number of carbonyl (C=O) groups is 1. The molecule has 1 heterocycles. The third kappa shape index (κ3) is 3.94. The fraction of sp³-hybridized carbons (Fsp3) is 0.211. The van der Waals surface area contributed by atoms with Gasteiger partial charge in [-0.15, -0.1) is 0 Å². The first kappa shape index (κ1) is 16.1. The minimum Gasteiger partial charge on any atom is -0.445 e. The zero-order valence-corrected chi connectivity index (χ0v) is 13.3. The van der Waals surface area contributed by atoms with Gasteiger partial charge in [0.1, 0.15) is 6.61 Å². The summed E-state index contributed by atoms with van der Waals surface area (Å²) in [5, 5.41) is 13.0. The second kappa shape index (κ2) is 7.66. The average molecular weight is 324 g/mol. The Balaban J connectivity index is 1.48. The van der Waals surface area contributed by atoms with Gasteiger partial charge in [-0.2, -0.15) is 0 Å². The van der Waals surface area contributed by atoms with Gasteiger partial charge in [-0.05, 0) is 29.2 Å². The summed E-state index contributed by atoms with van der Waals surface area (Å²) in [6.45, 7) is 0.797. The summed E-state index contributed by atoms with van der Waals surface area (Å²) < 4.78 is 5.18. The van der Waals surface area contributed by atoms with Crippen LogP contribution in [0.4, 0.5) is 4.79 Å². The van der Waals surface area contributed by atoms with Crippen molar-refractivity contribution in [3.05, 3.63) is 71.4 Å². The molecule has 2 aromatic carbocycles. The van der Waals surface area contributed by atoms with E-state index in [2.05, 4.69) is 10.3 Å². The van der Waals surface area contributed by atoms with Crippen LogP contribution in [-0.2, 0) is 24.4 Å². The van der Waals surface area contributed by atoms with E-state index in [0.29, 0.717) is 13.0 Å². The number of hydrogen-bond acceptors (Lipinski definition) is 3. The third-order valence-corrected chi connectivity index (χ3v) is 3.89. The van der Waals surface area contributed by atoms with Crippen molar-refractivity contribution in [2.24, 2.45) is 0 Å². The number of H-pyrrole nitrogens is 1. The Morgan fingerprint density at radius 3 is 2.75 bits per heavy atom. The van der Waals surface area contributed by atoms with Crippen LogP contribution in [0.1, 0.15) is 16.7 Å². The topological polar surface area (TPSA) is 74.4 Å². The van der Waals surface area contributed by atoms with Crippen LogP contribution in [0.2, 0.25) is 0 Å². The van der Waals surface area contributed by atoms with Crippen molar-refractivity contribution in [3.8, 4) is 0 Å². The molecular formula is C19H20N2O3. The molecule has 0 radical (unpaired) electrons. The van der Waals surface area contributed by atoms with Crippen LogP contribution in [0.15, 0.2) is 54.7 Å². The summed E-state index contributed by atoms with van der Waals surface area (Å²) in [4.78, 5) is 14.9. The molecule has 1 aromatic heterocycles. The largest absolute Gasteiger partial charge is 0.445 e. The highest BCUT2D eigenvalue weighted by Gasteiger charge is 2.06. The molecule has 5 nitrogen and oxygen atoms in total. The Bertz CT molecular complexity index is 812. The highest BCUT2D eigenvalue weighted by Crippen LogP contribution is 2.20. The lowest BCUT2D eigenvalue weighted by Gasteiger charge is -2.07. The average Bonchev–Trinajstić information content (AvgIpc) is 3.03. The van der Waals surface area contributed by atoms with E-state index in [9.17, 15) is 4.79 Å². The molecule has 0 spiro atoms. The lowest BCUT2D eigenvalue weighted by molar-refractivity contribution is 0.140. The number of nitrogens with one attached hydrogen (secondary N) is 2. The van der Waals surface area contributed by atoms with Crippen LogP contribution < -0.4 is 5.32 Å². The second-order valence-corrected chi connectivity index (χ2v) is 5.59. The van der Waals surface area contributed by atoms with Crippen molar-refractivity contribution >= 4 is 17.0 Å². The van der Waals surface area contributed by atoms with Crippen molar-refractivity contribution in [2.45, 2.75) is 19.6 Å². The molecular weight excluding hydrogens is 304 g/mol. The SMILES string of the molecule is O=C(NCCc1c[nH]c2cc(CO)ccc12)OCc1ccccc1. The van der Waals surface area contributed by atoms with Gasteiger partial charge in [-0.25, -0.2) is 4.79 Å². The lowest BCUT2D eigenvalue weighted by Crippen LogP contribution is -2.26. The molecule has 0 aliphatic carbocycles. The van der Waals surface area contributed by atoms with Crippen LogP contribution >= 0.6 is 0 Å². The molecule has 124 valence electrons. The number of aliphatic hydroxyl groups excluding tert-OH is 1. The van der Waals surface area contributed by atoms with E-state index in [0.717, 1.165) is 27.6 Å². The van der Waals surface area contributed by atoms with Gasteiger partial charge < -0.3 is 20.1 Å². The molecule has 0 aliphatic rings. The summed E-state index contributed by atoms with van der Waals surface area (Å²) in [5.74, 6) is 0. The monoisotopic (exact) mass is 324 g/mol. The fourth-order valence-corrected chi connectivity index (χ4v) is 2.61. The summed E-state index contributed by atoms with van der Waals surface area (Å²) in [6, 6.07) is 15.4. The maximum absolute atomic E-state index is 11.7. The Kier molecular flexibility index (Phi) is 5.13. The molecule has 0 aliphatic heterocycles. The Labute approximate surface area is 140 Å². The zero-order valence-electron chi connectivity index (χ0n) is 13.3. The molecule has 0 fully saturated rings. The van der Waals surface area contributed by atoms with Crippen molar-refractivity contribution in [1.29, 1.82) is 0 Å². The summed E-state index contributed by atoms with van der Waals surface area (Å²) in [5.41, 5.74) is 3.95. The van der Waals surface area contributed by atoms with Crippen molar-refractivity contribution < 1.29 is 14.6 Å². The smallest absolute Gasteiger partial charge is 0.407 e. The standard InChI is InChI=1S/C19H20N2O3/c22-12-15-6-7-17-16(11-21-18(17)10-15)8-9-20-19(23)24-13-14-4-2-1-3-5-14/h1-7,10-11,21-22H,8-9,12-13H2,(H,20,23). The highest BCUT2D eigenvalue weighted by atomic mass is 16.5. The normalized spacial score (nSPS) is 10.7. The van der Waals surface area contributed by atoms with E-state index in [1.54, 1.807) is 0 Å². The number of alkyl carbamates (subject to hydrolysis) is 1. The van der Waals surface area contributed by atoms with Gasteiger partial charge in [0.05, 0.1) is 6.61 Å². The van der Waals surface area contributed by atoms with E-state index in [4.69, 9.17) is 9.84 Å². The van der Waals surface area contributed by atoms with Crippen molar-refractivity contribution in [2.75, 3.05) is 6.54 Å². The minimum absolute atomic E-state index is 0.0269. The molecule has 1 amide bonds. The number of aliphatic hydroxyl groups is 1. The van der Waals surface area contributed by atoms with Crippen molar-refractivity contribution in [3.63, 3.8) is 0 Å². The molecule has 3 rings (SSSR count). The van der Waals surface area contributed by atoms with E-state index < -0.39 is 6.09 Å². The van der Waals surface area contributed by atoms with E-state index in [1.165, 1.54) is 0 Å². The molecule has 0 bridgehead atoms. The van der Waals surface area contributed by atoms with Gasteiger partial charge in [0.25, 0.3) is 0 Å². The van der Waals surface area contributed by atoms with Crippen LogP contribution in [-0.4, -0.2) is 22.7 Å². The maximum Gasteiger partial charge on any atom is 0.407 e. The Hall–Kier alpha value is -2.79. The Morgan fingerprint density at radius 1 is 1.12 bits per heavy atom. The summed E-state index contributed by atoms with van der Waals surface area (Å²) >= 11 is 0. The molecule has 0 saturated carbocycles. The first-order valence-electron chi connectivity index (χ1n) is 7.90. The first-order chi connectivity index (χ1) is 11.8. The van der Waals surface area contributed by atoms with E-state index >= 15 is 0 Å². The molecule has 0 saturated heterocycles. The first-order valence-corrected chi connectivity index (χ1v) is 7.90. The number of benzene rings is 2. The number of aromatic nitrogens is 1. The number of amides is 1. The molecule has 24 heavy (non-hydrogen) atoms.